The Morgan fingerprint density at radius 3 is 2.23 bits per heavy atom. The van der Waals surface area contributed by atoms with Crippen LogP contribution in [0.1, 0.15) is 99.8 Å². The Labute approximate surface area is 212 Å². The Balaban J connectivity index is 1.63. The van der Waals surface area contributed by atoms with Gasteiger partial charge in [-0.3, -0.25) is 9.59 Å². The lowest BCUT2D eigenvalue weighted by molar-refractivity contribution is -0.221. The molecule has 192 valence electrons. The molecule has 0 bridgehead atoms. The van der Waals surface area contributed by atoms with E-state index in [-0.39, 0.29) is 50.6 Å². The van der Waals surface area contributed by atoms with Crippen LogP contribution in [0.4, 0.5) is 0 Å². The summed E-state index contributed by atoms with van der Waals surface area (Å²) in [6, 6.07) is 2.22. The van der Waals surface area contributed by atoms with Gasteiger partial charge in [-0.1, -0.05) is 54.5 Å². The molecule has 8 atom stereocenters. The second-order valence-corrected chi connectivity index (χ2v) is 15.3. The normalized spacial score (nSPS) is 50.1. The third-order valence-corrected chi connectivity index (χ3v) is 13.1. The van der Waals surface area contributed by atoms with Crippen molar-refractivity contribution in [2.75, 3.05) is 6.54 Å². The van der Waals surface area contributed by atoms with E-state index >= 15 is 0 Å². The number of nitriles is 1. The van der Waals surface area contributed by atoms with Gasteiger partial charge in [0.25, 0.3) is 0 Å². The molecule has 5 aliphatic rings. The first kappa shape index (κ1) is 25.2. The Hall–Kier alpha value is -1.47. The monoisotopic (exact) mass is 478 g/mol. The molecule has 0 aromatic rings. The number of Topliss-reactive ketones (excluding diaryl/α,β-unsaturated/α-hetero) is 2. The summed E-state index contributed by atoms with van der Waals surface area (Å²) >= 11 is 0. The van der Waals surface area contributed by atoms with Crippen LogP contribution in [-0.4, -0.2) is 18.1 Å². The topological polar surface area (TPSA) is 83.9 Å². The van der Waals surface area contributed by atoms with Crippen molar-refractivity contribution in [2.24, 2.45) is 61.9 Å². The third-order valence-electron chi connectivity index (χ3n) is 13.1. The lowest BCUT2D eigenvalue weighted by Crippen LogP contribution is -2.69. The van der Waals surface area contributed by atoms with Gasteiger partial charge in [0.1, 0.15) is 11.9 Å². The number of fused-ring (bicyclic) bond motifs is 7. The van der Waals surface area contributed by atoms with Crippen molar-refractivity contribution >= 4 is 11.6 Å². The van der Waals surface area contributed by atoms with Crippen molar-refractivity contribution < 1.29 is 9.59 Å². The summed E-state index contributed by atoms with van der Waals surface area (Å²) in [4.78, 5) is 27.5. The molecule has 4 unspecified atom stereocenters. The molecule has 0 amide bonds. The van der Waals surface area contributed by atoms with Crippen molar-refractivity contribution in [2.45, 2.75) is 99.8 Å². The minimum atomic E-state index is -0.578. The van der Waals surface area contributed by atoms with E-state index < -0.39 is 5.41 Å². The van der Waals surface area contributed by atoms with Crippen LogP contribution in [-0.2, 0) is 9.59 Å². The number of hydrogen-bond acceptors (Lipinski definition) is 4. The van der Waals surface area contributed by atoms with Crippen molar-refractivity contribution in [1.29, 1.82) is 5.26 Å². The second-order valence-electron chi connectivity index (χ2n) is 15.3. The molecule has 0 spiro atoms. The van der Waals surface area contributed by atoms with Gasteiger partial charge in [0.05, 0.1) is 5.57 Å². The molecule has 0 aliphatic heterocycles. The van der Waals surface area contributed by atoms with E-state index in [0.717, 1.165) is 38.5 Å². The summed E-state index contributed by atoms with van der Waals surface area (Å²) in [5, 5.41) is 9.86. The molecule has 0 aromatic heterocycles. The SMILES string of the molecule is CC1(C)CCC2(CN)CC[C@]3(C)[C@H](C(=O)C[C@@H]4C5(C)C=C(C#N)C(=O)C(C)(C)[C@@H]5CCC43C)C2C1. The summed E-state index contributed by atoms with van der Waals surface area (Å²) in [5.41, 5.74) is 6.18. The molecule has 0 heterocycles. The van der Waals surface area contributed by atoms with E-state index in [0.29, 0.717) is 30.2 Å². The predicted octanol–water partition coefficient (Wildman–Crippen LogP) is 6.24. The van der Waals surface area contributed by atoms with Crippen LogP contribution in [0.3, 0.4) is 0 Å². The van der Waals surface area contributed by atoms with E-state index in [1.54, 1.807) is 0 Å². The Morgan fingerprint density at radius 1 is 0.943 bits per heavy atom. The van der Waals surface area contributed by atoms with Gasteiger partial charge < -0.3 is 5.73 Å². The van der Waals surface area contributed by atoms with Gasteiger partial charge >= 0.3 is 0 Å². The largest absolute Gasteiger partial charge is 0.330 e. The molecule has 4 fully saturated rings. The van der Waals surface area contributed by atoms with Gasteiger partial charge in [-0.05, 0) is 96.3 Å². The standard InChI is InChI=1S/C31H46N2O2/c1-26(2)10-12-31(18-33)13-11-30(7)24(20(31)16-26)21(34)14-23-28(5)15-19(17-32)25(35)27(3,4)22(28)8-9-29(23,30)6/h15,20,22-24H,8-14,16,18,33H2,1-7H3/t20?,22-,23+,24-,28?,29?,30+,31?/m0/s1. The summed E-state index contributed by atoms with van der Waals surface area (Å²) in [7, 11) is 0. The zero-order valence-electron chi connectivity index (χ0n) is 23.1. The molecule has 35 heavy (non-hydrogen) atoms. The number of carbonyl (C=O) groups excluding carboxylic acids is 2. The highest BCUT2D eigenvalue weighted by molar-refractivity contribution is 6.04. The van der Waals surface area contributed by atoms with Crippen molar-refractivity contribution in [3.05, 3.63) is 11.6 Å². The minimum Gasteiger partial charge on any atom is -0.330 e. The smallest absolute Gasteiger partial charge is 0.178 e. The van der Waals surface area contributed by atoms with E-state index in [2.05, 4.69) is 40.7 Å². The number of rotatable bonds is 1. The first-order valence-corrected chi connectivity index (χ1v) is 14.0. The fraction of sp³-hybridized carbons (Fsp3) is 0.839. The molecule has 4 nitrogen and oxygen atoms in total. The number of carbonyl (C=O) groups is 2. The maximum Gasteiger partial charge on any atom is 0.178 e. The lowest BCUT2D eigenvalue weighted by Gasteiger charge is -2.72. The number of nitrogens with zero attached hydrogens (tertiary/aromatic N) is 1. The number of ketones is 2. The van der Waals surface area contributed by atoms with Gasteiger partial charge in [0, 0.05) is 17.8 Å². The van der Waals surface area contributed by atoms with Crippen LogP contribution in [0.15, 0.2) is 11.6 Å². The minimum absolute atomic E-state index is 0.00723. The molecule has 0 saturated heterocycles. The first-order valence-electron chi connectivity index (χ1n) is 14.0. The van der Waals surface area contributed by atoms with Gasteiger partial charge in [0.15, 0.2) is 5.78 Å². The van der Waals surface area contributed by atoms with E-state index in [1.165, 1.54) is 6.42 Å². The summed E-state index contributed by atoms with van der Waals surface area (Å²) in [6.45, 7) is 16.7. The van der Waals surface area contributed by atoms with Crippen molar-refractivity contribution in [3.8, 4) is 6.07 Å². The maximum atomic E-state index is 14.4. The lowest BCUT2D eigenvalue weighted by atomic mass is 9.31. The molecular formula is C31H46N2O2. The number of allylic oxidation sites excluding steroid dienone is 2. The molecule has 2 N–H and O–H groups in total. The Bertz CT molecular complexity index is 1050. The van der Waals surface area contributed by atoms with E-state index in [4.69, 9.17) is 5.73 Å². The summed E-state index contributed by atoms with van der Waals surface area (Å²) in [5.74, 6) is 1.15. The zero-order chi connectivity index (χ0) is 25.8. The highest BCUT2D eigenvalue weighted by Gasteiger charge is 2.71. The van der Waals surface area contributed by atoms with E-state index in [1.807, 2.05) is 19.9 Å². The average molecular weight is 479 g/mol. The summed E-state index contributed by atoms with van der Waals surface area (Å²) in [6.07, 6.45) is 10.2. The highest BCUT2D eigenvalue weighted by Crippen LogP contribution is 2.75. The predicted molar refractivity (Wildman–Crippen MR) is 138 cm³/mol. The molecule has 4 heteroatoms. The summed E-state index contributed by atoms with van der Waals surface area (Å²) < 4.78 is 0. The van der Waals surface area contributed by atoms with Crippen LogP contribution in [0, 0.1) is 67.5 Å². The van der Waals surface area contributed by atoms with Crippen LogP contribution in [0.5, 0.6) is 0 Å². The first-order chi connectivity index (χ1) is 16.1. The third kappa shape index (κ3) is 3.00. The average Bonchev–Trinajstić information content (AvgIpc) is 2.77. The van der Waals surface area contributed by atoms with Gasteiger partial charge in [-0.2, -0.15) is 5.26 Å². The second kappa shape index (κ2) is 7.31. The van der Waals surface area contributed by atoms with Crippen LogP contribution in [0.2, 0.25) is 0 Å². The molecule has 0 radical (unpaired) electrons. The van der Waals surface area contributed by atoms with Crippen LogP contribution in [0.25, 0.3) is 0 Å². The van der Waals surface area contributed by atoms with Crippen molar-refractivity contribution in [3.63, 3.8) is 0 Å². The maximum absolute atomic E-state index is 14.4. The van der Waals surface area contributed by atoms with Gasteiger partial charge in [0.2, 0.25) is 0 Å². The Kier molecular flexibility index (Phi) is 5.26. The molecule has 5 rings (SSSR count). The van der Waals surface area contributed by atoms with Crippen molar-refractivity contribution in [1.82, 2.24) is 0 Å². The fourth-order valence-electron chi connectivity index (χ4n) is 10.8. The quantitative estimate of drug-likeness (QED) is 0.483. The number of nitrogens with two attached hydrogens (primary N) is 1. The van der Waals surface area contributed by atoms with Crippen LogP contribution >= 0.6 is 0 Å². The molecule has 5 aliphatic carbocycles. The fourth-order valence-corrected chi connectivity index (χ4v) is 10.8. The van der Waals surface area contributed by atoms with Gasteiger partial charge in [-0.15, -0.1) is 0 Å². The highest BCUT2D eigenvalue weighted by atomic mass is 16.1. The number of hydrogen-bond donors (Lipinski definition) is 1. The molecule has 0 aromatic carbocycles. The van der Waals surface area contributed by atoms with Gasteiger partial charge in [-0.25, -0.2) is 0 Å². The van der Waals surface area contributed by atoms with Crippen LogP contribution < -0.4 is 5.73 Å². The molecule has 4 saturated carbocycles. The molecular weight excluding hydrogens is 432 g/mol. The Morgan fingerprint density at radius 2 is 1.60 bits per heavy atom. The van der Waals surface area contributed by atoms with E-state index in [9.17, 15) is 14.9 Å². The zero-order valence-corrected chi connectivity index (χ0v) is 23.1.